The Morgan fingerprint density at radius 2 is 2.10 bits per heavy atom. The number of ether oxygens (including phenoxy) is 1. The smallest absolute Gasteiger partial charge is 0.185 e. The van der Waals surface area contributed by atoms with E-state index in [1.54, 1.807) is 18.4 Å². The molecule has 1 heterocycles. The molecule has 0 aliphatic heterocycles. The molecule has 2 rings (SSSR count). The van der Waals surface area contributed by atoms with E-state index in [-0.39, 0.29) is 0 Å². The van der Waals surface area contributed by atoms with Gasteiger partial charge in [-0.15, -0.1) is 11.3 Å². The standard InChI is InChI=1S/C15H27N3OS/c1-10(2)16-8-14-13(9-19-5)17-15(20-14)18(4)11(3)12-6-7-12/h10-12,16H,6-9H2,1-5H3. The minimum Gasteiger partial charge on any atom is -0.378 e. The van der Waals surface area contributed by atoms with E-state index in [0.29, 0.717) is 18.7 Å². The third-order valence-corrected chi connectivity index (χ3v) is 5.12. The monoisotopic (exact) mass is 297 g/mol. The molecule has 0 amide bonds. The first-order valence-corrected chi connectivity index (χ1v) is 8.28. The number of thiazole rings is 1. The third kappa shape index (κ3) is 3.93. The highest BCUT2D eigenvalue weighted by atomic mass is 32.1. The maximum Gasteiger partial charge on any atom is 0.185 e. The summed E-state index contributed by atoms with van der Waals surface area (Å²) in [6, 6.07) is 1.07. The normalized spacial score (nSPS) is 16.7. The second-order valence-electron chi connectivity index (χ2n) is 6.02. The van der Waals surface area contributed by atoms with Crippen LogP contribution in [0.5, 0.6) is 0 Å². The lowest BCUT2D eigenvalue weighted by atomic mass is 10.2. The highest BCUT2D eigenvalue weighted by molar-refractivity contribution is 7.15. The topological polar surface area (TPSA) is 37.4 Å². The Kier molecular flexibility index (Phi) is 5.41. The number of anilines is 1. The summed E-state index contributed by atoms with van der Waals surface area (Å²) >= 11 is 1.80. The molecular weight excluding hydrogens is 270 g/mol. The van der Waals surface area contributed by atoms with Crippen molar-refractivity contribution in [2.24, 2.45) is 5.92 Å². The van der Waals surface area contributed by atoms with E-state index in [0.717, 1.165) is 23.3 Å². The minimum atomic E-state index is 0.485. The van der Waals surface area contributed by atoms with Gasteiger partial charge in [-0.2, -0.15) is 0 Å². The van der Waals surface area contributed by atoms with Crippen molar-refractivity contribution in [3.63, 3.8) is 0 Å². The summed E-state index contributed by atoms with van der Waals surface area (Å²) in [6.45, 7) is 8.11. The summed E-state index contributed by atoms with van der Waals surface area (Å²) in [4.78, 5) is 8.42. The average molecular weight is 297 g/mol. The number of rotatable bonds is 8. The van der Waals surface area contributed by atoms with Crippen molar-refractivity contribution in [3.8, 4) is 0 Å². The molecule has 1 unspecified atom stereocenters. The molecule has 5 heteroatoms. The molecule has 0 radical (unpaired) electrons. The van der Waals surface area contributed by atoms with Crippen LogP contribution >= 0.6 is 11.3 Å². The van der Waals surface area contributed by atoms with Crippen molar-refractivity contribution < 1.29 is 4.74 Å². The molecule has 0 saturated heterocycles. The number of nitrogens with zero attached hydrogens (tertiary/aromatic N) is 2. The molecule has 0 aromatic carbocycles. The van der Waals surface area contributed by atoms with E-state index in [2.05, 4.69) is 38.0 Å². The van der Waals surface area contributed by atoms with Gasteiger partial charge in [0.2, 0.25) is 0 Å². The van der Waals surface area contributed by atoms with E-state index in [9.17, 15) is 0 Å². The van der Waals surface area contributed by atoms with Crippen LogP contribution in [0.2, 0.25) is 0 Å². The van der Waals surface area contributed by atoms with Crippen LogP contribution in [0.4, 0.5) is 5.13 Å². The van der Waals surface area contributed by atoms with E-state index >= 15 is 0 Å². The average Bonchev–Trinajstić information content (AvgIpc) is 3.18. The van der Waals surface area contributed by atoms with Crippen LogP contribution in [0, 0.1) is 5.92 Å². The predicted octanol–water partition coefficient (Wildman–Crippen LogP) is 3.02. The van der Waals surface area contributed by atoms with Crippen molar-refractivity contribution in [2.75, 3.05) is 19.1 Å². The quantitative estimate of drug-likeness (QED) is 0.800. The van der Waals surface area contributed by atoms with Gasteiger partial charge in [0.1, 0.15) is 0 Å². The fourth-order valence-electron chi connectivity index (χ4n) is 2.27. The maximum atomic E-state index is 5.29. The Hall–Kier alpha value is -0.650. The third-order valence-electron chi connectivity index (χ3n) is 3.94. The largest absolute Gasteiger partial charge is 0.378 e. The van der Waals surface area contributed by atoms with E-state index < -0.39 is 0 Å². The molecule has 1 saturated carbocycles. The summed E-state index contributed by atoms with van der Waals surface area (Å²) in [5, 5.41) is 4.60. The molecule has 1 fully saturated rings. The van der Waals surface area contributed by atoms with Gasteiger partial charge in [0.05, 0.1) is 12.3 Å². The summed E-state index contributed by atoms with van der Waals surface area (Å²) in [7, 11) is 3.90. The van der Waals surface area contributed by atoms with E-state index in [4.69, 9.17) is 9.72 Å². The summed E-state index contributed by atoms with van der Waals surface area (Å²) in [5.74, 6) is 0.854. The van der Waals surface area contributed by atoms with Crippen LogP contribution in [0.25, 0.3) is 0 Å². The summed E-state index contributed by atoms with van der Waals surface area (Å²) in [6.07, 6.45) is 2.73. The second kappa shape index (κ2) is 6.87. The lowest BCUT2D eigenvalue weighted by Gasteiger charge is -2.23. The van der Waals surface area contributed by atoms with E-state index in [1.807, 2.05) is 0 Å². The molecule has 1 aromatic heterocycles. The van der Waals surface area contributed by atoms with E-state index in [1.165, 1.54) is 17.7 Å². The van der Waals surface area contributed by atoms with Crippen molar-refractivity contribution >= 4 is 16.5 Å². The maximum absolute atomic E-state index is 5.29. The minimum absolute atomic E-state index is 0.485. The van der Waals surface area contributed by atoms with Gasteiger partial charge in [-0.25, -0.2) is 4.98 Å². The number of nitrogens with one attached hydrogen (secondary N) is 1. The van der Waals surface area contributed by atoms with Gasteiger partial charge in [0.15, 0.2) is 5.13 Å². The molecule has 1 aliphatic carbocycles. The predicted molar refractivity (Wildman–Crippen MR) is 85.4 cm³/mol. The van der Waals surface area contributed by atoms with Gasteiger partial charge < -0.3 is 15.0 Å². The molecule has 0 bridgehead atoms. The Morgan fingerprint density at radius 1 is 1.40 bits per heavy atom. The van der Waals surface area contributed by atoms with Gasteiger partial charge in [-0.1, -0.05) is 13.8 Å². The summed E-state index contributed by atoms with van der Waals surface area (Å²) < 4.78 is 5.29. The van der Waals surface area contributed by atoms with Gasteiger partial charge >= 0.3 is 0 Å². The Labute approximate surface area is 126 Å². The lowest BCUT2D eigenvalue weighted by Crippen LogP contribution is -2.30. The fourth-order valence-corrected chi connectivity index (χ4v) is 3.34. The fraction of sp³-hybridized carbons (Fsp3) is 0.800. The number of hydrogen-bond acceptors (Lipinski definition) is 5. The van der Waals surface area contributed by atoms with Crippen LogP contribution < -0.4 is 10.2 Å². The number of methoxy groups -OCH3 is 1. The zero-order valence-electron chi connectivity index (χ0n) is 13.3. The van der Waals surface area contributed by atoms with Crippen molar-refractivity contribution in [2.45, 2.75) is 58.8 Å². The molecule has 1 N–H and O–H groups in total. The molecule has 114 valence electrons. The summed E-state index contributed by atoms with van der Waals surface area (Å²) in [5.41, 5.74) is 1.08. The Balaban J connectivity index is 2.10. The highest BCUT2D eigenvalue weighted by Crippen LogP contribution is 2.37. The van der Waals surface area contributed by atoms with Crippen LogP contribution in [0.3, 0.4) is 0 Å². The molecule has 0 spiro atoms. The first kappa shape index (κ1) is 15.7. The molecule has 20 heavy (non-hydrogen) atoms. The highest BCUT2D eigenvalue weighted by Gasteiger charge is 2.31. The Morgan fingerprint density at radius 3 is 2.65 bits per heavy atom. The van der Waals surface area contributed by atoms with Gasteiger partial charge in [-0.05, 0) is 25.7 Å². The first-order chi connectivity index (χ1) is 9.52. The van der Waals surface area contributed by atoms with Gasteiger partial charge in [0.25, 0.3) is 0 Å². The molecule has 1 aliphatic rings. The zero-order chi connectivity index (χ0) is 14.7. The first-order valence-electron chi connectivity index (χ1n) is 7.46. The van der Waals surface area contributed by atoms with Crippen LogP contribution in [0.1, 0.15) is 44.2 Å². The lowest BCUT2D eigenvalue weighted by molar-refractivity contribution is 0.181. The van der Waals surface area contributed by atoms with Crippen molar-refractivity contribution in [1.29, 1.82) is 0 Å². The zero-order valence-corrected chi connectivity index (χ0v) is 14.1. The molecule has 4 nitrogen and oxygen atoms in total. The number of aromatic nitrogens is 1. The SMILES string of the molecule is COCc1nc(N(C)C(C)C2CC2)sc1CNC(C)C. The Bertz CT molecular complexity index is 429. The number of hydrogen-bond donors (Lipinski definition) is 1. The van der Waals surface area contributed by atoms with Crippen molar-refractivity contribution in [1.82, 2.24) is 10.3 Å². The van der Waals surface area contributed by atoms with Crippen LogP contribution in [0.15, 0.2) is 0 Å². The van der Waals surface area contributed by atoms with Crippen molar-refractivity contribution in [3.05, 3.63) is 10.6 Å². The van der Waals surface area contributed by atoms with Crippen LogP contribution in [-0.2, 0) is 17.9 Å². The molecule has 1 atom stereocenters. The van der Waals surface area contributed by atoms with Crippen LogP contribution in [-0.4, -0.2) is 31.2 Å². The van der Waals surface area contributed by atoms with Gasteiger partial charge in [-0.3, -0.25) is 0 Å². The second-order valence-corrected chi connectivity index (χ2v) is 7.09. The molecule has 1 aromatic rings. The molecular formula is C15H27N3OS. The van der Waals surface area contributed by atoms with Gasteiger partial charge in [0, 0.05) is 37.7 Å².